The van der Waals surface area contributed by atoms with E-state index in [9.17, 15) is 18.3 Å². The van der Waals surface area contributed by atoms with Crippen LogP contribution in [0.15, 0.2) is 24.3 Å². The van der Waals surface area contributed by atoms with E-state index < -0.39 is 17.8 Å². The van der Waals surface area contributed by atoms with E-state index in [1.54, 1.807) is 6.07 Å². The fourth-order valence-electron chi connectivity index (χ4n) is 1.79. The van der Waals surface area contributed by atoms with Crippen LogP contribution in [0.1, 0.15) is 17.2 Å². The fraction of sp³-hybridized carbons (Fsp3) is 0.538. The molecule has 0 saturated heterocycles. The molecule has 0 heterocycles. The lowest BCUT2D eigenvalue weighted by Crippen LogP contribution is -2.32. The topological polar surface area (TPSA) is 35.5 Å². The fourth-order valence-corrected chi connectivity index (χ4v) is 1.79. The van der Waals surface area contributed by atoms with E-state index in [0.29, 0.717) is 13.1 Å². The third kappa shape index (κ3) is 4.81. The van der Waals surface area contributed by atoms with Crippen LogP contribution in [-0.2, 0) is 6.18 Å². The summed E-state index contributed by atoms with van der Waals surface area (Å²) in [5.74, 6) is 0. The van der Waals surface area contributed by atoms with Crippen LogP contribution < -0.4 is 5.32 Å². The first-order valence-corrected chi connectivity index (χ1v) is 6.01. The van der Waals surface area contributed by atoms with Crippen molar-refractivity contribution in [3.8, 4) is 0 Å². The maximum atomic E-state index is 12.9. The Kier molecular flexibility index (Phi) is 5.78. The maximum Gasteiger partial charge on any atom is 0.416 e. The van der Waals surface area contributed by atoms with E-state index in [0.717, 1.165) is 6.07 Å². The molecule has 0 aromatic heterocycles. The predicted molar refractivity (Wildman–Crippen MR) is 67.8 cm³/mol. The van der Waals surface area contributed by atoms with E-state index in [-0.39, 0.29) is 12.2 Å². The zero-order valence-electron chi connectivity index (χ0n) is 11.0. The van der Waals surface area contributed by atoms with Crippen molar-refractivity contribution in [2.75, 3.05) is 33.8 Å². The first kappa shape index (κ1) is 15.9. The van der Waals surface area contributed by atoms with Gasteiger partial charge in [0, 0.05) is 13.1 Å². The number of aliphatic hydroxyl groups excluding tert-OH is 1. The molecular formula is C13H19F3N2O. The summed E-state index contributed by atoms with van der Waals surface area (Å²) in [6.07, 6.45) is -4.41. The number of likely N-dealkylation sites (N-methyl/N-ethyl adjacent to an activating group) is 1. The van der Waals surface area contributed by atoms with Gasteiger partial charge in [0.15, 0.2) is 0 Å². The van der Waals surface area contributed by atoms with Gasteiger partial charge < -0.3 is 15.3 Å². The molecule has 1 aromatic rings. The molecule has 0 aliphatic carbocycles. The van der Waals surface area contributed by atoms with E-state index in [1.165, 1.54) is 12.1 Å². The van der Waals surface area contributed by atoms with E-state index in [2.05, 4.69) is 5.32 Å². The average molecular weight is 276 g/mol. The summed E-state index contributed by atoms with van der Waals surface area (Å²) in [5.41, 5.74) is -0.623. The molecule has 1 aromatic carbocycles. The van der Waals surface area contributed by atoms with Crippen LogP contribution in [0.4, 0.5) is 13.2 Å². The molecule has 0 aliphatic rings. The second-order valence-corrected chi connectivity index (χ2v) is 4.58. The van der Waals surface area contributed by atoms with Gasteiger partial charge in [-0.2, -0.15) is 13.2 Å². The van der Waals surface area contributed by atoms with Crippen LogP contribution >= 0.6 is 0 Å². The molecular weight excluding hydrogens is 257 g/mol. The Labute approximate surface area is 111 Å². The lowest BCUT2D eigenvalue weighted by Gasteiger charge is -2.22. The highest BCUT2D eigenvalue weighted by Gasteiger charge is 2.34. The molecule has 1 atom stereocenters. The predicted octanol–water partition coefficient (Wildman–Crippen LogP) is 1.89. The molecule has 0 spiro atoms. The number of nitrogens with zero attached hydrogens (tertiary/aromatic N) is 1. The second kappa shape index (κ2) is 6.88. The first-order valence-electron chi connectivity index (χ1n) is 6.01. The Morgan fingerprint density at radius 2 is 1.89 bits per heavy atom. The average Bonchev–Trinajstić information content (AvgIpc) is 2.33. The van der Waals surface area contributed by atoms with Crippen LogP contribution in [0.3, 0.4) is 0 Å². The van der Waals surface area contributed by atoms with Gasteiger partial charge in [0.05, 0.1) is 18.2 Å². The molecule has 108 valence electrons. The van der Waals surface area contributed by atoms with Crippen LogP contribution in [0.2, 0.25) is 0 Å². The molecule has 0 aliphatic heterocycles. The number of rotatable bonds is 6. The number of hydrogen-bond donors (Lipinski definition) is 2. The second-order valence-electron chi connectivity index (χ2n) is 4.58. The Hall–Kier alpha value is -1.11. The summed E-state index contributed by atoms with van der Waals surface area (Å²) < 4.78 is 38.6. The Morgan fingerprint density at radius 1 is 1.26 bits per heavy atom. The highest BCUT2D eigenvalue weighted by Crippen LogP contribution is 2.34. The van der Waals surface area contributed by atoms with Crippen molar-refractivity contribution < 1.29 is 18.3 Å². The minimum absolute atomic E-state index is 0.0799. The lowest BCUT2D eigenvalue weighted by molar-refractivity contribution is -0.138. The van der Waals surface area contributed by atoms with Gasteiger partial charge in [-0.15, -0.1) is 0 Å². The molecule has 0 radical (unpaired) electrons. The summed E-state index contributed by atoms with van der Waals surface area (Å²) in [7, 11) is 3.75. The maximum absolute atomic E-state index is 12.9. The van der Waals surface area contributed by atoms with Crippen LogP contribution in [0.25, 0.3) is 0 Å². The summed E-state index contributed by atoms with van der Waals surface area (Å²) >= 11 is 0. The smallest absolute Gasteiger partial charge is 0.394 e. The standard InChI is InChI=1S/C13H19F3N2O/c1-18(2)8-7-17-12(9-19)10-5-3-4-6-11(10)13(14,15)16/h3-6,12,17,19H,7-9H2,1-2H3. The van der Waals surface area contributed by atoms with Gasteiger partial charge in [-0.3, -0.25) is 0 Å². The zero-order chi connectivity index (χ0) is 14.5. The van der Waals surface area contributed by atoms with Crippen molar-refractivity contribution >= 4 is 0 Å². The van der Waals surface area contributed by atoms with E-state index in [1.807, 2.05) is 19.0 Å². The third-order valence-electron chi connectivity index (χ3n) is 2.77. The summed E-state index contributed by atoms with van der Waals surface area (Å²) in [5, 5.41) is 12.2. The minimum atomic E-state index is -4.41. The van der Waals surface area contributed by atoms with Crippen molar-refractivity contribution in [1.29, 1.82) is 0 Å². The molecule has 0 saturated carbocycles. The molecule has 6 heteroatoms. The zero-order valence-corrected chi connectivity index (χ0v) is 11.0. The molecule has 2 N–H and O–H groups in total. The number of hydrogen-bond acceptors (Lipinski definition) is 3. The van der Waals surface area contributed by atoms with Crippen molar-refractivity contribution in [2.45, 2.75) is 12.2 Å². The van der Waals surface area contributed by atoms with Crippen molar-refractivity contribution in [2.24, 2.45) is 0 Å². The molecule has 19 heavy (non-hydrogen) atoms. The number of benzene rings is 1. The van der Waals surface area contributed by atoms with Gasteiger partial charge in [0.2, 0.25) is 0 Å². The summed E-state index contributed by atoms with van der Waals surface area (Å²) in [4.78, 5) is 1.91. The summed E-state index contributed by atoms with van der Waals surface area (Å²) in [6, 6.07) is 4.61. The molecule has 0 amide bonds. The third-order valence-corrected chi connectivity index (χ3v) is 2.77. The largest absolute Gasteiger partial charge is 0.416 e. The van der Waals surface area contributed by atoms with E-state index >= 15 is 0 Å². The highest BCUT2D eigenvalue weighted by molar-refractivity contribution is 5.32. The minimum Gasteiger partial charge on any atom is -0.394 e. The SMILES string of the molecule is CN(C)CCNC(CO)c1ccccc1C(F)(F)F. The Bertz CT molecular complexity index is 394. The number of halogens is 3. The van der Waals surface area contributed by atoms with Crippen LogP contribution in [-0.4, -0.2) is 43.8 Å². The quantitative estimate of drug-likeness (QED) is 0.833. The first-order chi connectivity index (χ1) is 8.86. The highest BCUT2D eigenvalue weighted by atomic mass is 19.4. The van der Waals surface area contributed by atoms with Crippen molar-refractivity contribution in [3.05, 3.63) is 35.4 Å². The molecule has 0 bridgehead atoms. The molecule has 0 fully saturated rings. The Morgan fingerprint density at radius 3 is 2.42 bits per heavy atom. The monoisotopic (exact) mass is 276 g/mol. The van der Waals surface area contributed by atoms with Gasteiger partial charge in [-0.25, -0.2) is 0 Å². The van der Waals surface area contributed by atoms with Gasteiger partial charge in [-0.1, -0.05) is 18.2 Å². The van der Waals surface area contributed by atoms with Crippen LogP contribution in [0.5, 0.6) is 0 Å². The number of alkyl halides is 3. The van der Waals surface area contributed by atoms with Crippen molar-refractivity contribution in [1.82, 2.24) is 10.2 Å². The lowest BCUT2D eigenvalue weighted by atomic mass is 10.0. The van der Waals surface area contributed by atoms with Gasteiger partial charge in [0.25, 0.3) is 0 Å². The number of aliphatic hydroxyl groups is 1. The molecule has 1 unspecified atom stereocenters. The summed E-state index contributed by atoms with van der Waals surface area (Å²) in [6.45, 7) is 0.815. The normalized spacial score (nSPS) is 13.8. The number of nitrogens with one attached hydrogen (secondary N) is 1. The molecule has 1 rings (SSSR count). The van der Waals surface area contributed by atoms with Crippen molar-refractivity contribution in [3.63, 3.8) is 0 Å². The van der Waals surface area contributed by atoms with E-state index in [4.69, 9.17) is 0 Å². The van der Waals surface area contributed by atoms with Crippen LogP contribution in [0, 0.1) is 0 Å². The Balaban J connectivity index is 2.86. The van der Waals surface area contributed by atoms with Gasteiger partial charge in [0.1, 0.15) is 0 Å². The van der Waals surface area contributed by atoms with Gasteiger partial charge >= 0.3 is 6.18 Å². The molecule has 3 nitrogen and oxygen atoms in total. The van der Waals surface area contributed by atoms with Gasteiger partial charge in [-0.05, 0) is 25.7 Å².